The van der Waals surface area contributed by atoms with Gasteiger partial charge >= 0.3 is 0 Å². The molecule has 0 radical (unpaired) electrons. The van der Waals surface area contributed by atoms with Gasteiger partial charge in [-0.3, -0.25) is 0 Å². The van der Waals surface area contributed by atoms with Crippen molar-refractivity contribution in [2.24, 2.45) is 22.7 Å². The van der Waals surface area contributed by atoms with Gasteiger partial charge in [0.15, 0.2) is 0 Å². The summed E-state index contributed by atoms with van der Waals surface area (Å²) in [6, 6.07) is 10.1. The standard InChI is InChI=1S/C27H36O3S2/c1-18(2)21-12-13-26(17-28)15-14-25(3)22(23(21)26)11-10-19(16-31)27(25,29)24(30-4)32-20-8-6-5-7-9-20/h5-9,16-18,22,24,29,31H,10-15H2,1-4H3/b19-16+/t22-,24?,25-,26-,27?/m1/s1. The number of thioether (sulfide) groups is 1. The van der Waals surface area contributed by atoms with Gasteiger partial charge < -0.3 is 14.6 Å². The summed E-state index contributed by atoms with van der Waals surface area (Å²) in [7, 11) is 1.69. The largest absolute Gasteiger partial charge is 0.381 e. The lowest BCUT2D eigenvalue weighted by Crippen LogP contribution is -2.64. The lowest BCUT2D eigenvalue weighted by Gasteiger charge is -2.61. The number of ether oxygens (including phenoxy) is 1. The lowest BCUT2D eigenvalue weighted by atomic mass is 9.46. The van der Waals surface area contributed by atoms with Gasteiger partial charge in [0.05, 0.1) is 0 Å². The third-order valence-corrected chi connectivity index (χ3v) is 10.2. The summed E-state index contributed by atoms with van der Waals surface area (Å²) in [5.41, 5.74) is 1.30. The van der Waals surface area contributed by atoms with Crippen LogP contribution in [0.4, 0.5) is 0 Å². The molecule has 4 rings (SSSR count). The molecule has 0 aliphatic heterocycles. The molecule has 1 N–H and O–H groups in total. The van der Waals surface area contributed by atoms with Gasteiger partial charge in [-0.2, -0.15) is 12.6 Å². The van der Waals surface area contributed by atoms with Gasteiger partial charge in [-0.1, -0.05) is 61.9 Å². The van der Waals surface area contributed by atoms with Gasteiger partial charge in [0.1, 0.15) is 17.3 Å². The van der Waals surface area contributed by atoms with Gasteiger partial charge in [0.2, 0.25) is 0 Å². The fraction of sp³-hybridized carbons (Fsp3) is 0.593. The van der Waals surface area contributed by atoms with Crippen LogP contribution in [0, 0.1) is 22.7 Å². The summed E-state index contributed by atoms with van der Waals surface area (Å²) in [5, 5.41) is 14.4. The van der Waals surface area contributed by atoms with Crippen molar-refractivity contribution in [3.8, 4) is 0 Å². The van der Waals surface area contributed by atoms with E-state index < -0.39 is 16.5 Å². The Bertz CT molecular complexity index is 924. The van der Waals surface area contributed by atoms with Crippen molar-refractivity contribution in [2.45, 2.75) is 75.2 Å². The molecule has 1 aromatic carbocycles. The summed E-state index contributed by atoms with van der Waals surface area (Å²) in [5.74, 6) is 0.582. The Hall–Kier alpha value is -1.01. The van der Waals surface area contributed by atoms with Crippen molar-refractivity contribution in [1.29, 1.82) is 0 Å². The minimum absolute atomic E-state index is 0.164. The molecule has 3 aliphatic carbocycles. The topological polar surface area (TPSA) is 46.5 Å². The Morgan fingerprint density at radius 1 is 1.19 bits per heavy atom. The molecule has 0 spiro atoms. The normalized spacial score (nSPS) is 36.8. The van der Waals surface area contributed by atoms with E-state index in [0.717, 1.165) is 49.0 Å². The molecule has 174 valence electrons. The monoisotopic (exact) mass is 472 g/mol. The molecular weight excluding hydrogens is 436 g/mol. The molecule has 32 heavy (non-hydrogen) atoms. The second-order valence-corrected chi connectivity index (χ2v) is 11.7. The maximum Gasteiger partial charge on any atom is 0.140 e. The molecule has 1 aromatic rings. The van der Waals surface area contributed by atoms with Crippen LogP contribution in [0.25, 0.3) is 0 Å². The number of hydrogen-bond acceptors (Lipinski definition) is 5. The van der Waals surface area contributed by atoms with E-state index in [1.165, 1.54) is 17.4 Å². The summed E-state index contributed by atoms with van der Waals surface area (Å²) >= 11 is 6.11. The highest BCUT2D eigenvalue weighted by atomic mass is 32.2. The number of carbonyl (C=O) groups is 1. The summed E-state index contributed by atoms with van der Waals surface area (Å²) < 4.78 is 6.03. The van der Waals surface area contributed by atoms with Crippen molar-refractivity contribution in [2.75, 3.05) is 7.11 Å². The number of thiol groups is 1. The van der Waals surface area contributed by atoms with Crippen LogP contribution in [0.3, 0.4) is 0 Å². The van der Waals surface area contributed by atoms with Crippen molar-refractivity contribution in [3.63, 3.8) is 0 Å². The lowest BCUT2D eigenvalue weighted by molar-refractivity contribution is -0.158. The molecule has 2 saturated carbocycles. The van der Waals surface area contributed by atoms with E-state index in [-0.39, 0.29) is 11.3 Å². The van der Waals surface area contributed by atoms with E-state index >= 15 is 0 Å². The number of rotatable bonds is 6. The first-order chi connectivity index (χ1) is 15.3. The van der Waals surface area contributed by atoms with Crippen molar-refractivity contribution < 1.29 is 14.6 Å². The molecule has 0 saturated heterocycles. The van der Waals surface area contributed by atoms with Crippen LogP contribution in [0.2, 0.25) is 0 Å². The van der Waals surface area contributed by atoms with Crippen LogP contribution >= 0.6 is 24.4 Å². The predicted octanol–water partition coefficient (Wildman–Crippen LogP) is 6.44. The number of hydrogen-bond donors (Lipinski definition) is 2. The maximum atomic E-state index is 12.6. The van der Waals surface area contributed by atoms with Gasteiger partial charge in [0.25, 0.3) is 0 Å². The first kappa shape index (κ1) is 24.1. The summed E-state index contributed by atoms with van der Waals surface area (Å²) in [6.45, 7) is 6.71. The molecule has 2 fully saturated rings. The zero-order chi connectivity index (χ0) is 23.1. The zero-order valence-electron chi connectivity index (χ0n) is 19.6. The van der Waals surface area contributed by atoms with E-state index in [4.69, 9.17) is 4.74 Å². The molecule has 0 heterocycles. The number of aliphatic hydroxyl groups is 1. The van der Waals surface area contributed by atoms with Gasteiger partial charge in [-0.05, 0) is 73.5 Å². The summed E-state index contributed by atoms with van der Waals surface area (Å²) in [4.78, 5) is 13.5. The first-order valence-electron chi connectivity index (χ1n) is 11.8. The molecule has 5 atom stereocenters. The second-order valence-electron chi connectivity index (χ2n) is 10.3. The Balaban J connectivity index is 1.84. The van der Waals surface area contributed by atoms with E-state index in [9.17, 15) is 9.90 Å². The van der Waals surface area contributed by atoms with Crippen molar-refractivity contribution >= 4 is 30.7 Å². The molecule has 0 bridgehead atoms. The maximum absolute atomic E-state index is 12.6. The zero-order valence-corrected chi connectivity index (χ0v) is 21.3. The Labute approximate surface area is 202 Å². The number of aldehydes is 1. The smallest absolute Gasteiger partial charge is 0.140 e. The fourth-order valence-electron chi connectivity index (χ4n) is 6.82. The number of methoxy groups -OCH3 is 1. The average molecular weight is 473 g/mol. The number of fused-ring (bicyclic) bond motifs is 3. The predicted molar refractivity (Wildman–Crippen MR) is 135 cm³/mol. The SMILES string of the molecule is COC(Sc1ccccc1)C1(O)/C(=C/S)CC[C@@H]2C3=C(C(C)C)CC[C@]3(C=O)CC[C@]21C. The third-order valence-electron chi connectivity index (χ3n) is 8.61. The molecule has 2 unspecified atom stereocenters. The quantitative estimate of drug-likeness (QED) is 0.164. The highest BCUT2D eigenvalue weighted by molar-refractivity contribution is 7.99. The van der Waals surface area contributed by atoms with Crippen LogP contribution in [-0.4, -0.2) is 29.5 Å². The van der Waals surface area contributed by atoms with E-state index in [1.807, 2.05) is 18.2 Å². The van der Waals surface area contributed by atoms with E-state index in [1.54, 1.807) is 24.3 Å². The Kier molecular flexibility index (Phi) is 6.77. The van der Waals surface area contributed by atoms with Crippen molar-refractivity contribution in [1.82, 2.24) is 0 Å². The molecule has 0 aromatic heterocycles. The number of allylic oxidation sites excluding steroid dienone is 2. The minimum atomic E-state index is -1.18. The Morgan fingerprint density at radius 2 is 1.91 bits per heavy atom. The van der Waals surface area contributed by atoms with Crippen LogP contribution in [0.1, 0.15) is 59.3 Å². The fourth-order valence-corrected chi connectivity index (χ4v) is 8.40. The first-order valence-corrected chi connectivity index (χ1v) is 13.2. The molecule has 5 heteroatoms. The van der Waals surface area contributed by atoms with Crippen LogP contribution in [-0.2, 0) is 9.53 Å². The molecule has 3 nitrogen and oxygen atoms in total. The van der Waals surface area contributed by atoms with Gasteiger partial charge in [0, 0.05) is 22.8 Å². The van der Waals surface area contributed by atoms with Gasteiger partial charge in [-0.25, -0.2) is 0 Å². The van der Waals surface area contributed by atoms with Gasteiger partial charge in [-0.15, -0.1) is 0 Å². The average Bonchev–Trinajstić information content (AvgIpc) is 3.19. The molecule has 3 aliphatic rings. The van der Waals surface area contributed by atoms with Crippen LogP contribution in [0.5, 0.6) is 0 Å². The third kappa shape index (κ3) is 3.46. The molecule has 0 amide bonds. The Morgan fingerprint density at radius 3 is 2.50 bits per heavy atom. The summed E-state index contributed by atoms with van der Waals surface area (Å²) in [6.07, 6.45) is 6.45. The van der Waals surface area contributed by atoms with E-state index in [2.05, 4.69) is 45.5 Å². The van der Waals surface area contributed by atoms with Crippen LogP contribution in [0.15, 0.2) is 57.4 Å². The minimum Gasteiger partial charge on any atom is -0.381 e. The molecular formula is C27H36O3S2. The van der Waals surface area contributed by atoms with Crippen LogP contribution < -0.4 is 0 Å². The van der Waals surface area contributed by atoms with E-state index in [0.29, 0.717) is 5.92 Å². The number of benzene rings is 1. The highest BCUT2D eigenvalue weighted by Gasteiger charge is 2.66. The number of carbonyl (C=O) groups excluding carboxylic acids is 1. The highest BCUT2D eigenvalue weighted by Crippen LogP contribution is 2.68. The van der Waals surface area contributed by atoms with Crippen molar-refractivity contribution in [3.05, 3.63) is 52.5 Å². The second kappa shape index (κ2) is 8.98.